The third-order valence-electron chi connectivity index (χ3n) is 8.85. The van der Waals surface area contributed by atoms with Gasteiger partial charge < -0.3 is 20.3 Å². The number of carbonyl (C=O) groups excluding carboxylic acids is 4. The molecule has 3 aliphatic rings. The molecule has 0 bridgehead atoms. The van der Waals surface area contributed by atoms with Crippen molar-refractivity contribution in [3.8, 4) is 0 Å². The largest absolute Gasteiger partial charge is 0.444 e. The summed E-state index contributed by atoms with van der Waals surface area (Å²) in [5.41, 5.74) is 0.231. The van der Waals surface area contributed by atoms with Crippen LogP contribution in [0.3, 0.4) is 0 Å². The first-order chi connectivity index (χ1) is 21.6. The van der Waals surface area contributed by atoms with Gasteiger partial charge in [0, 0.05) is 30.1 Å². The van der Waals surface area contributed by atoms with E-state index in [0.29, 0.717) is 30.4 Å². The predicted octanol–water partition coefficient (Wildman–Crippen LogP) is 4.89. The van der Waals surface area contributed by atoms with Crippen molar-refractivity contribution >= 4 is 35.3 Å². The zero-order valence-electron chi connectivity index (χ0n) is 26.2. The van der Waals surface area contributed by atoms with E-state index in [2.05, 4.69) is 15.6 Å². The Bertz CT molecular complexity index is 1770. The fraction of sp³-hybridized carbons (Fsp3) is 0.382. The van der Waals surface area contributed by atoms with Crippen molar-refractivity contribution < 1.29 is 32.7 Å². The van der Waals surface area contributed by atoms with Crippen LogP contribution in [-0.2, 0) is 37.4 Å². The standard InChI is InChI=1S/C34H35F2N5O5/c1-32(2,3)46-31(45)41-17-26(20-11-22(35)14-23(36)12-20)40(30(44)33(41,4)5)18-27(42)38-24-9-8-19-15-34(16-21(19)13-24)25-7-6-10-37-28(25)39-29(34)43/h6-14,26H,15-18H2,1-5H3,(H,38,42)(H,37,39,43)/t26-,34+/m0/s1. The van der Waals surface area contributed by atoms with Crippen molar-refractivity contribution in [2.24, 2.45) is 0 Å². The van der Waals surface area contributed by atoms with Gasteiger partial charge in [-0.1, -0.05) is 12.1 Å². The van der Waals surface area contributed by atoms with Gasteiger partial charge in [0.1, 0.15) is 35.1 Å². The molecule has 2 atom stereocenters. The summed E-state index contributed by atoms with van der Waals surface area (Å²) in [5.74, 6) is -2.41. The molecule has 1 saturated heterocycles. The zero-order chi connectivity index (χ0) is 33.2. The number of benzene rings is 2. The Morgan fingerprint density at radius 3 is 2.43 bits per heavy atom. The van der Waals surface area contributed by atoms with Crippen LogP contribution < -0.4 is 10.6 Å². The van der Waals surface area contributed by atoms with Gasteiger partial charge in [0.15, 0.2) is 0 Å². The number of halogens is 2. The Balaban J connectivity index is 1.25. The molecular weight excluding hydrogens is 596 g/mol. The molecule has 10 nitrogen and oxygen atoms in total. The number of nitrogens with zero attached hydrogens (tertiary/aromatic N) is 3. The van der Waals surface area contributed by atoms with E-state index in [-0.39, 0.29) is 18.0 Å². The molecule has 1 fully saturated rings. The van der Waals surface area contributed by atoms with Crippen LogP contribution in [0.4, 0.5) is 25.1 Å². The van der Waals surface area contributed by atoms with Crippen LogP contribution in [0.1, 0.15) is 62.9 Å². The van der Waals surface area contributed by atoms with Crippen LogP contribution in [0, 0.1) is 11.6 Å². The number of anilines is 2. The molecule has 2 aromatic carbocycles. The summed E-state index contributed by atoms with van der Waals surface area (Å²) < 4.78 is 34.3. The SMILES string of the molecule is CC(C)(C)OC(=O)N1C[C@@H](c2cc(F)cc(F)c2)N(CC(=O)Nc2ccc3c(c2)C[C@@]2(C3)C(=O)Nc3ncccc32)C(=O)C1(C)C. The number of carbonyl (C=O) groups is 4. The van der Waals surface area contributed by atoms with E-state index >= 15 is 0 Å². The van der Waals surface area contributed by atoms with Gasteiger partial charge >= 0.3 is 6.09 Å². The van der Waals surface area contributed by atoms with Crippen LogP contribution in [0.2, 0.25) is 0 Å². The summed E-state index contributed by atoms with van der Waals surface area (Å²) in [7, 11) is 0. The minimum atomic E-state index is -1.43. The van der Waals surface area contributed by atoms with E-state index in [1.54, 1.807) is 39.1 Å². The molecule has 4 amide bonds. The van der Waals surface area contributed by atoms with E-state index in [9.17, 15) is 28.0 Å². The van der Waals surface area contributed by atoms with Gasteiger partial charge in [-0.2, -0.15) is 0 Å². The maximum absolute atomic E-state index is 14.4. The molecule has 6 rings (SSSR count). The lowest BCUT2D eigenvalue weighted by Gasteiger charge is -2.49. The van der Waals surface area contributed by atoms with E-state index in [0.717, 1.165) is 28.8 Å². The summed E-state index contributed by atoms with van der Waals surface area (Å²) in [5, 5.41) is 5.71. The summed E-state index contributed by atoms with van der Waals surface area (Å²) >= 11 is 0. The number of aromatic nitrogens is 1. The second-order valence-electron chi connectivity index (χ2n) is 13.6. The molecular formula is C34H35F2N5O5. The zero-order valence-corrected chi connectivity index (χ0v) is 26.2. The molecule has 1 aliphatic carbocycles. The Morgan fingerprint density at radius 2 is 1.74 bits per heavy atom. The van der Waals surface area contributed by atoms with Crippen LogP contribution >= 0.6 is 0 Å². The molecule has 1 spiro atoms. The average Bonchev–Trinajstić information content (AvgIpc) is 3.46. The van der Waals surface area contributed by atoms with Crippen LogP contribution in [-0.4, -0.2) is 62.8 Å². The Hall–Kier alpha value is -4.87. The van der Waals surface area contributed by atoms with Crippen molar-refractivity contribution in [2.75, 3.05) is 23.7 Å². The number of nitrogens with one attached hydrogen (secondary N) is 2. The minimum Gasteiger partial charge on any atom is -0.444 e. The van der Waals surface area contributed by atoms with E-state index in [1.165, 1.54) is 23.6 Å². The van der Waals surface area contributed by atoms with Crippen molar-refractivity contribution in [1.29, 1.82) is 0 Å². The highest BCUT2D eigenvalue weighted by Crippen LogP contribution is 2.47. The van der Waals surface area contributed by atoms with E-state index in [1.807, 2.05) is 18.2 Å². The third kappa shape index (κ3) is 5.45. The van der Waals surface area contributed by atoms with Gasteiger partial charge in [-0.25, -0.2) is 18.6 Å². The van der Waals surface area contributed by atoms with E-state index in [4.69, 9.17) is 4.74 Å². The molecule has 240 valence electrons. The maximum Gasteiger partial charge on any atom is 0.411 e. The molecule has 0 unspecified atom stereocenters. The number of amides is 4. The molecule has 0 saturated carbocycles. The fourth-order valence-corrected chi connectivity index (χ4v) is 6.66. The van der Waals surface area contributed by atoms with Gasteiger partial charge in [0.2, 0.25) is 17.7 Å². The Kier molecular flexibility index (Phi) is 7.37. The van der Waals surface area contributed by atoms with Crippen LogP contribution in [0.5, 0.6) is 0 Å². The molecule has 46 heavy (non-hydrogen) atoms. The molecule has 3 heterocycles. The quantitative estimate of drug-likeness (QED) is 0.423. The number of pyridine rings is 1. The lowest BCUT2D eigenvalue weighted by molar-refractivity contribution is -0.155. The topological polar surface area (TPSA) is 121 Å². The third-order valence-corrected chi connectivity index (χ3v) is 8.85. The lowest BCUT2D eigenvalue weighted by atomic mass is 9.79. The highest BCUT2D eigenvalue weighted by molar-refractivity contribution is 6.06. The number of rotatable bonds is 4. The first-order valence-corrected chi connectivity index (χ1v) is 15.0. The fourth-order valence-electron chi connectivity index (χ4n) is 6.66. The van der Waals surface area contributed by atoms with Gasteiger partial charge in [0.25, 0.3) is 0 Å². The first-order valence-electron chi connectivity index (χ1n) is 15.0. The first kappa shape index (κ1) is 31.1. The summed E-state index contributed by atoms with van der Waals surface area (Å²) in [6.07, 6.45) is 1.80. The molecule has 0 radical (unpaired) electrons. The van der Waals surface area contributed by atoms with Crippen molar-refractivity contribution in [2.45, 2.75) is 70.1 Å². The Labute approximate surface area is 265 Å². The van der Waals surface area contributed by atoms with E-state index < -0.39 is 58.7 Å². The van der Waals surface area contributed by atoms with Crippen LogP contribution in [0.25, 0.3) is 0 Å². The van der Waals surface area contributed by atoms with Gasteiger partial charge in [0.05, 0.1) is 11.5 Å². The average molecular weight is 632 g/mol. The highest BCUT2D eigenvalue weighted by atomic mass is 19.1. The smallest absolute Gasteiger partial charge is 0.411 e. The van der Waals surface area contributed by atoms with Crippen LogP contribution in [0.15, 0.2) is 54.7 Å². The number of ether oxygens (including phenoxy) is 1. The van der Waals surface area contributed by atoms with Gasteiger partial charge in [-0.05, 0) is 94.5 Å². The lowest BCUT2D eigenvalue weighted by Crippen LogP contribution is -2.66. The second kappa shape index (κ2) is 10.9. The molecule has 2 N–H and O–H groups in total. The Morgan fingerprint density at radius 1 is 1.04 bits per heavy atom. The second-order valence-corrected chi connectivity index (χ2v) is 13.6. The number of hydrogen-bond donors (Lipinski definition) is 2. The summed E-state index contributed by atoms with van der Waals surface area (Å²) in [4.78, 5) is 60.5. The number of fused-ring (bicyclic) bond motifs is 3. The highest BCUT2D eigenvalue weighted by Gasteiger charge is 2.52. The molecule has 12 heteroatoms. The van der Waals surface area contributed by atoms with Crippen molar-refractivity contribution in [3.63, 3.8) is 0 Å². The molecule has 2 aliphatic heterocycles. The molecule has 3 aromatic rings. The van der Waals surface area contributed by atoms with Gasteiger partial charge in [-0.15, -0.1) is 0 Å². The number of hydrogen-bond acceptors (Lipinski definition) is 6. The number of piperazine rings is 1. The minimum absolute atomic E-state index is 0.0927. The molecule has 1 aromatic heterocycles. The summed E-state index contributed by atoms with van der Waals surface area (Å²) in [6.45, 7) is 7.54. The van der Waals surface area contributed by atoms with Crippen molar-refractivity contribution in [1.82, 2.24) is 14.8 Å². The predicted molar refractivity (Wildman–Crippen MR) is 165 cm³/mol. The normalized spacial score (nSPS) is 21.6. The van der Waals surface area contributed by atoms with Crippen molar-refractivity contribution in [3.05, 3.63) is 88.6 Å². The van der Waals surface area contributed by atoms with Gasteiger partial charge in [-0.3, -0.25) is 19.3 Å². The monoisotopic (exact) mass is 631 g/mol. The maximum atomic E-state index is 14.4. The summed E-state index contributed by atoms with van der Waals surface area (Å²) in [6, 6.07) is 11.0.